The second-order valence-electron chi connectivity index (χ2n) is 6.71. The van der Waals surface area contributed by atoms with E-state index in [1.807, 2.05) is 12.1 Å². The Morgan fingerprint density at radius 3 is 2.62 bits per heavy atom. The second kappa shape index (κ2) is 5.74. The fourth-order valence-corrected chi connectivity index (χ4v) is 3.37. The molecular formula is C18H17ClN2O3. The molecule has 24 heavy (non-hydrogen) atoms. The largest absolute Gasteiger partial charge is 0.481 e. The SMILES string of the molecule is O=C(NC1CC(C(=O)O)C1)c1cc(C2CC2)nc2ccc(Cl)cc12. The van der Waals surface area contributed by atoms with Crippen molar-refractivity contribution in [3.05, 3.63) is 40.5 Å². The van der Waals surface area contributed by atoms with Gasteiger partial charge in [0, 0.05) is 28.1 Å². The minimum absolute atomic E-state index is 0.0784. The number of carbonyl (C=O) groups excluding carboxylic acids is 1. The maximum Gasteiger partial charge on any atom is 0.306 e. The highest BCUT2D eigenvalue weighted by molar-refractivity contribution is 6.31. The maximum absolute atomic E-state index is 12.7. The summed E-state index contributed by atoms with van der Waals surface area (Å²) in [4.78, 5) is 28.3. The number of halogens is 1. The van der Waals surface area contributed by atoms with Crippen molar-refractivity contribution in [2.75, 3.05) is 0 Å². The van der Waals surface area contributed by atoms with E-state index in [0.717, 1.165) is 29.4 Å². The summed E-state index contributed by atoms with van der Waals surface area (Å²) in [6.07, 6.45) is 3.19. The fraction of sp³-hybridized carbons (Fsp3) is 0.389. The summed E-state index contributed by atoms with van der Waals surface area (Å²) in [6, 6.07) is 7.16. The number of carboxylic acids is 1. The van der Waals surface area contributed by atoms with Crippen molar-refractivity contribution >= 4 is 34.4 Å². The molecule has 1 amide bonds. The molecule has 1 heterocycles. The quantitative estimate of drug-likeness (QED) is 0.891. The van der Waals surface area contributed by atoms with Gasteiger partial charge in [-0.3, -0.25) is 14.6 Å². The Morgan fingerprint density at radius 1 is 1.21 bits per heavy atom. The van der Waals surface area contributed by atoms with Crippen LogP contribution < -0.4 is 5.32 Å². The lowest BCUT2D eigenvalue weighted by atomic mass is 9.80. The first kappa shape index (κ1) is 15.4. The lowest BCUT2D eigenvalue weighted by Crippen LogP contribution is -2.46. The lowest BCUT2D eigenvalue weighted by Gasteiger charge is -2.32. The average molecular weight is 345 g/mol. The van der Waals surface area contributed by atoms with Crippen molar-refractivity contribution in [3.8, 4) is 0 Å². The molecule has 2 saturated carbocycles. The maximum atomic E-state index is 12.7. The Morgan fingerprint density at radius 2 is 1.96 bits per heavy atom. The van der Waals surface area contributed by atoms with Crippen molar-refractivity contribution in [1.29, 1.82) is 0 Å². The number of amides is 1. The van der Waals surface area contributed by atoms with E-state index < -0.39 is 5.97 Å². The Hall–Kier alpha value is -2.14. The number of aromatic nitrogens is 1. The van der Waals surface area contributed by atoms with Crippen LogP contribution in [0.15, 0.2) is 24.3 Å². The normalized spacial score (nSPS) is 22.9. The molecule has 6 heteroatoms. The van der Waals surface area contributed by atoms with Gasteiger partial charge in [0.2, 0.25) is 0 Å². The molecule has 0 bridgehead atoms. The zero-order chi connectivity index (χ0) is 16.8. The van der Waals surface area contributed by atoms with E-state index in [1.165, 1.54) is 0 Å². The van der Waals surface area contributed by atoms with Crippen molar-refractivity contribution in [2.45, 2.75) is 37.6 Å². The van der Waals surface area contributed by atoms with E-state index in [4.69, 9.17) is 16.7 Å². The highest BCUT2D eigenvalue weighted by atomic mass is 35.5. The Kier molecular flexibility index (Phi) is 3.68. The summed E-state index contributed by atoms with van der Waals surface area (Å²) < 4.78 is 0. The van der Waals surface area contributed by atoms with Crippen LogP contribution in [0, 0.1) is 5.92 Å². The summed E-state index contributed by atoms with van der Waals surface area (Å²) in [5.41, 5.74) is 2.29. The van der Waals surface area contributed by atoms with Gasteiger partial charge in [-0.2, -0.15) is 0 Å². The standard InChI is InChI=1S/C18H17ClN2O3/c19-11-3-4-15-13(7-11)14(8-16(21-15)9-1-2-9)17(22)20-12-5-10(6-12)18(23)24/h3-4,7-10,12H,1-2,5-6H2,(H,20,22)(H,23,24). The van der Waals surface area contributed by atoms with Gasteiger partial charge < -0.3 is 10.4 Å². The van der Waals surface area contributed by atoms with Crippen LogP contribution in [0.3, 0.4) is 0 Å². The lowest BCUT2D eigenvalue weighted by molar-refractivity contribution is -0.145. The zero-order valence-electron chi connectivity index (χ0n) is 13.0. The van der Waals surface area contributed by atoms with E-state index in [-0.39, 0.29) is 17.9 Å². The third kappa shape index (κ3) is 2.84. The van der Waals surface area contributed by atoms with Gasteiger partial charge in [-0.1, -0.05) is 11.6 Å². The molecule has 2 aromatic rings. The number of hydrogen-bond acceptors (Lipinski definition) is 3. The van der Waals surface area contributed by atoms with Crippen LogP contribution in [0.5, 0.6) is 0 Å². The molecule has 2 aliphatic rings. The molecule has 2 fully saturated rings. The van der Waals surface area contributed by atoms with E-state index >= 15 is 0 Å². The molecule has 2 N–H and O–H groups in total. The van der Waals surface area contributed by atoms with Gasteiger partial charge in [0.1, 0.15) is 0 Å². The van der Waals surface area contributed by atoms with Gasteiger partial charge in [0.05, 0.1) is 17.0 Å². The highest BCUT2D eigenvalue weighted by Gasteiger charge is 2.36. The van der Waals surface area contributed by atoms with E-state index in [0.29, 0.717) is 29.3 Å². The minimum Gasteiger partial charge on any atom is -0.481 e. The second-order valence-corrected chi connectivity index (χ2v) is 7.14. The van der Waals surface area contributed by atoms with Crippen LogP contribution in [0.2, 0.25) is 5.02 Å². The van der Waals surface area contributed by atoms with Crippen LogP contribution >= 0.6 is 11.6 Å². The predicted octanol–water partition coefficient (Wildman–Crippen LogP) is 3.36. The molecule has 0 aliphatic heterocycles. The van der Waals surface area contributed by atoms with Crippen LogP contribution in [0.1, 0.15) is 47.7 Å². The Labute approximate surface area is 144 Å². The van der Waals surface area contributed by atoms with Gasteiger partial charge >= 0.3 is 5.97 Å². The van der Waals surface area contributed by atoms with Crippen LogP contribution in [0.25, 0.3) is 10.9 Å². The molecule has 1 aromatic carbocycles. The first-order valence-electron chi connectivity index (χ1n) is 8.15. The number of nitrogens with one attached hydrogen (secondary N) is 1. The summed E-state index contributed by atoms with van der Waals surface area (Å²) in [5.74, 6) is -0.879. The molecular weight excluding hydrogens is 328 g/mol. The molecule has 1 aromatic heterocycles. The Balaban J connectivity index is 1.63. The number of benzene rings is 1. The van der Waals surface area contributed by atoms with Crippen LogP contribution in [-0.4, -0.2) is 28.0 Å². The Bertz CT molecular complexity index is 842. The van der Waals surface area contributed by atoms with E-state index in [1.54, 1.807) is 12.1 Å². The number of pyridine rings is 1. The number of nitrogens with zero attached hydrogens (tertiary/aromatic N) is 1. The third-order valence-corrected chi connectivity index (χ3v) is 5.09. The number of aliphatic carboxylic acids is 1. The van der Waals surface area contributed by atoms with Crippen molar-refractivity contribution in [2.24, 2.45) is 5.92 Å². The number of hydrogen-bond donors (Lipinski definition) is 2. The molecule has 2 aliphatic carbocycles. The number of rotatable bonds is 4. The first-order valence-corrected chi connectivity index (χ1v) is 8.53. The van der Waals surface area contributed by atoms with Crippen molar-refractivity contribution in [1.82, 2.24) is 10.3 Å². The molecule has 0 atom stereocenters. The molecule has 0 unspecified atom stereocenters. The number of carbonyl (C=O) groups is 2. The molecule has 124 valence electrons. The highest BCUT2D eigenvalue weighted by Crippen LogP contribution is 2.40. The molecule has 0 radical (unpaired) electrons. The smallest absolute Gasteiger partial charge is 0.306 e. The van der Waals surface area contributed by atoms with Crippen LogP contribution in [0.4, 0.5) is 0 Å². The summed E-state index contributed by atoms with van der Waals surface area (Å²) in [7, 11) is 0. The zero-order valence-corrected chi connectivity index (χ0v) is 13.7. The van der Waals surface area contributed by atoms with E-state index in [9.17, 15) is 9.59 Å². The minimum atomic E-state index is -0.794. The summed E-state index contributed by atoms with van der Waals surface area (Å²) in [6.45, 7) is 0. The van der Waals surface area contributed by atoms with E-state index in [2.05, 4.69) is 10.3 Å². The van der Waals surface area contributed by atoms with Crippen molar-refractivity contribution < 1.29 is 14.7 Å². The average Bonchev–Trinajstić information content (AvgIpc) is 3.33. The van der Waals surface area contributed by atoms with Gasteiger partial charge in [0.15, 0.2) is 0 Å². The third-order valence-electron chi connectivity index (χ3n) is 4.85. The molecule has 0 saturated heterocycles. The van der Waals surface area contributed by atoms with Crippen molar-refractivity contribution in [3.63, 3.8) is 0 Å². The van der Waals surface area contributed by atoms with Gasteiger partial charge in [0.25, 0.3) is 5.91 Å². The molecule has 5 nitrogen and oxygen atoms in total. The topological polar surface area (TPSA) is 79.3 Å². The molecule has 4 rings (SSSR count). The molecule has 0 spiro atoms. The summed E-state index contributed by atoms with van der Waals surface area (Å²) in [5, 5.41) is 13.2. The van der Waals surface area contributed by atoms with Crippen LogP contribution in [-0.2, 0) is 4.79 Å². The first-order chi connectivity index (χ1) is 11.5. The van der Waals surface area contributed by atoms with Gasteiger partial charge in [-0.25, -0.2) is 0 Å². The number of carboxylic acid groups (broad SMARTS) is 1. The number of fused-ring (bicyclic) bond motifs is 1. The van der Waals surface area contributed by atoms with Gasteiger partial charge in [-0.05, 0) is 49.9 Å². The predicted molar refractivity (Wildman–Crippen MR) is 90.3 cm³/mol. The monoisotopic (exact) mass is 344 g/mol. The van der Waals surface area contributed by atoms with Gasteiger partial charge in [-0.15, -0.1) is 0 Å². The fourth-order valence-electron chi connectivity index (χ4n) is 3.20. The summed E-state index contributed by atoms with van der Waals surface area (Å²) >= 11 is 6.08.